The molecule has 0 bridgehead atoms. The fourth-order valence-electron chi connectivity index (χ4n) is 8.11. The summed E-state index contributed by atoms with van der Waals surface area (Å²) >= 11 is 1.86. The molecule has 2 heterocycles. The third kappa shape index (κ3) is 4.86. The molecule has 11 aromatic rings. The summed E-state index contributed by atoms with van der Waals surface area (Å²) in [6.45, 7) is 0. The molecule has 0 amide bonds. The summed E-state index contributed by atoms with van der Waals surface area (Å²) in [5, 5.41) is 9.78. The van der Waals surface area contributed by atoms with E-state index in [-0.39, 0.29) is 0 Å². The van der Waals surface area contributed by atoms with Gasteiger partial charge in [-0.15, -0.1) is 11.3 Å². The molecule has 0 unspecified atom stereocenters. The second-order valence-corrected chi connectivity index (χ2v) is 14.8. The molecule has 53 heavy (non-hydrogen) atoms. The van der Waals surface area contributed by atoms with Gasteiger partial charge in [0.15, 0.2) is 5.58 Å². The van der Waals surface area contributed by atoms with Crippen LogP contribution >= 0.6 is 11.3 Å². The lowest BCUT2D eigenvalue weighted by Crippen LogP contribution is -2.10. The van der Waals surface area contributed by atoms with E-state index in [4.69, 9.17) is 4.42 Å². The Morgan fingerprint density at radius 1 is 0.396 bits per heavy atom. The van der Waals surface area contributed by atoms with Crippen LogP contribution < -0.4 is 4.90 Å². The van der Waals surface area contributed by atoms with Crippen LogP contribution in [0.4, 0.5) is 17.1 Å². The molecular formula is C50H31NOS. The zero-order valence-corrected chi connectivity index (χ0v) is 29.5. The standard InChI is InChI=1S/C50H31NOS/c1-2-10-33(11-3-1)40-28-29-45(50-49(40)43-15-6-8-16-46(43)52-50)51(38-26-22-35-19-18-34-12-4-5-13-39(34)44(35)31-38)37-24-20-32(21-25-37)36-23-27-42-41-14-7-9-17-47(41)53-48(42)30-36/h1-31H. The van der Waals surface area contributed by atoms with Gasteiger partial charge < -0.3 is 9.32 Å². The van der Waals surface area contributed by atoms with Crippen molar-refractivity contribution in [2.24, 2.45) is 0 Å². The van der Waals surface area contributed by atoms with Crippen molar-refractivity contribution in [3.63, 3.8) is 0 Å². The summed E-state index contributed by atoms with van der Waals surface area (Å²) in [5.41, 5.74) is 9.60. The van der Waals surface area contributed by atoms with Gasteiger partial charge >= 0.3 is 0 Å². The fourth-order valence-corrected chi connectivity index (χ4v) is 9.26. The average Bonchev–Trinajstić information content (AvgIpc) is 3.80. The first-order valence-electron chi connectivity index (χ1n) is 18.0. The van der Waals surface area contributed by atoms with Gasteiger partial charge in [0.1, 0.15) is 5.58 Å². The van der Waals surface area contributed by atoms with Crippen molar-refractivity contribution < 1.29 is 4.42 Å². The van der Waals surface area contributed by atoms with E-state index in [1.165, 1.54) is 58.4 Å². The van der Waals surface area contributed by atoms with E-state index in [1.54, 1.807) is 0 Å². The van der Waals surface area contributed by atoms with Crippen LogP contribution in [0.5, 0.6) is 0 Å². The minimum Gasteiger partial charge on any atom is -0.454 e. The van der Waals surface area contributed by atoms with E-state index in [0.717, 1.165) is 44.6 Å². The van der Waals surface area contributed by atoms with Crippen molar-refractivity contribution in [2.75, 3.05) is 4.90 Å². The summed E-state index contributed by atoms with van der Waals surface area (Å²) in [5.74, 6) is 0. The minimum absolute atomic E-state index is 0.866. The van der Waals surface area contributed by atoms with Gasteiger partial charge in [-0.3, -0.25) is 0 Å². The highest BCUT2D eigenvalue weighted by molar-refractivity contribution is 7.25. The third-order valence-electron chi connectivity index (χ3n) is 10.7. The topological polar surface area (TPSA) is 16.4 Å². The van der Waals surface area contributed by atoms with Gasteiger partial charge in [0.25, 0.3) is 0 Å². The molecule has 2 nitrogen and oxygen atoms in total. The predicted octanol–water partition coefficient (Wildman–Crippen LogP) is 15.1. The Bertz CT molecular complexity index is 3170. The maximum atomic E-state index is 6.85. The molecule has 11 rings (SSSR count). The van der Waals surface area contributed by atoms with E-state index < -0.39 is 0 Å². The first-order valence-corrected chi connectivity index (χ1v) is 18.8. The number of benzene rings is 9. The zero-order valence-electron chi connectivity index (χ0n) is 28.7. The molecule has 0 saturated heterocycles. The van der Waals surface area contributed by atoms with Gasteiger partial charge in [-0.25, -0.2) is 0 Å². The predicted molar refractivity (Wildman–Crippen MR) is 227 cm³/mol. The number of thiophene rings is 1. The van der Waals surface area contributed by atoms with Crippen LogP contribution in [0.2, 0.25) is 0 Å². The van der Waals surface area contributed by atoms with Crippen LogP contribution in [0, 0.1) is 0 Å². The maximum Gasteiger partial charge on any atom is 0.160 e. The van der Waals surface area contributed by atoms with Gasteiger partial charge in [0.05, 0.1) is 5.69 Å². The summed E-state index contributed by atoms with van der Waals surface area (Å²) < 4.78 is 9.48. The summed E-state index contributed by atoms with van der Waals surface area (Å²) in [7, 11) is 0. The molecule has 0 aliphatic heterocycles. The molecule has 0 aliphatic rings. The monoisotopic (exact) mass is 693 g/mol. The lowest BCUT2D eigenvalue weighted by molar-refractivity contribution is 0.669. The quantitative estimate of drug-likeness (QED) is 0.167. The van der Waals surface area contributed by atoms with Crippen molar-refractivity contribution in [1.82, 2.24) is 0 Å². The van der Waals surface area contributed by atoms with Crippen molar-refractivity contribution in [3.8, 4) is 22.3 Å². The highest BCUT2D eigenvalue weighted by Gasteiger charge is 2.22. The number of nitrogens with zero attached hydrogens (tertiary/aromatic N) is 1. The first-order chi connectivity index (χ1) is 26.3. The second kappa shape index (κ2) is 11.9. The molecule has 9 aromatic carbocycles. The number of para-hydroxylation sites is 1. The largest absolute Gasteiger partial charge is 0.454 e. The maximum absolute atomic E-state index is 6.85. The second-order valence-electron chi connectivity index (χ2n) is 13.7. The van der Waals surface area contributed by atoms with E-state index in [2.05, 4.69) is 187 Å². The molecule has 0 N–H and O–H groups in total. The number of furan rings is 1. The molecule has 248 valence electrons. The van der Waals surface area contributed by atoms with Crippen LogP contribution in [-0.4, -0.2) is 0 Å². The Labute approximate surface area is 310 Å². The van der Waals surface area contributed by atoms with Crippen LogP contribution in [-0.2, 0) is 0 Å². The molecule has 0 atom stereocenters. The molecule has 0 fully saturated rings. The van der Waals surface area contributed by atoms with E-state index in [9.17, 15) is 0 Å². The molecule has 0 radical (unpaired) electrons. The van der Waals surface area contributed by atoms with E-state index in [0.29, 0.717) is 0 Å². The van der Waals surface area contributed by atoms with Gasteiger partial charge in [0.2, 0.25) is 0 Å². The first kappa shape index (κ1) is 30.0. The van der Waals surface area contributed by atoms with Gasteiger partial charge in [-0.1, -0.05) is 140 Å². The summed E-state index contributed by atoms with van der Waals surface area (Å²) in [6.07, 6.45) is 0. The van der Waals surface area contributed by atoms with Gasteiger partial charge in [0, 0.05) is 42.3 Å². The third-order valence-corrected chi connectivity index (χ3v) is 11.8. The molecule has 0 saturated carbocycles. The normalized spacial score (nSPS) is 11.8. The number of anilines is 3. The SMILES string of the molecule is c1ccc(-c2ccc(N(c3ccc(-c4ccc5c(c4)sc4ccccc45)cc3)c3ccc4ccc5ccccc5c4c3)c3oc4ccccc4c23)cc1. The number of fused-ring (bicyclic) bond motifs is 9. The van der Waals surface area contributed by atoms with Crippen LogP contribution in [0.25, 0.3) is 85.9 Å². The Kier molecular flexibility index (Phi) is 6.76. The van der Waals surface area contributed by atoms with Crippen LogP contribution in [0.15, 0.2) is 192 Å². The van der Waals surface area contributed by atoms with Crippen molar-refractivity contribution in [1.29, 1.82) is 0 Å². The molecule has 2 aromatic heterocycles. The minimum atomic E-state index is 0.866. The van der Waals surface area contributed by atoms with Crippen molar-refractivity contribution >= 4 is 92.1 Å². The van der Waals surface area contributed by atoms with E-state index in [1.807, 2.05) is 17.4 Å². The average molecular weight is 694 g/mol. The Morgan fingerprint density at radius 3 is 1.92 bits per heavy atom. The Hall–Kier alpha value is -6.68. The highest BCUT2D eigenvalue weighted by atomic mass is 32.1. The summed E-state index contributed by atoms with van der Waals surface area (Å²) in [4.78, 5) is 2.36. The lowest BCUT2D eigenvalue weighted by Gasteiger charge is -2.27. The van der Waals surface area contributed by atoms with Crippen molar-refractivity contribution in [3.05, 3.63) is 188 Å². The Balaban J connectivity index is 1.12. The van der Waals surface area contributed by atoms with Gasteiger partial charge in [-0.05, 0) is 92.3 Å². The summed E-state index contributed by atoms with van der Waals surface area (Å²) in [6, 6.07) is 67.9. The molecule has 0 spiro atoms. The Morgan fingerprint density at radius 2 is 1.06 bits per heavy atom. The smallest absolute Gasteiger partial charge is 0.160 e. The lowest BCUT2D eigenvalue weighted by atomic mass is 9.97. The molecule has 3 heteroatoms. The number of hydrogen-bond donors (Lipinski definition) is 0. The van der Waals surface area contributed by atoms with Crippen molar-refractivity contribution in [2.45, 2.75) is 0 Å². The fraction of sp³-hybridized carbons (Fsp3) is 0. The number of rotatable bonds is 5. The van der Waals surface area contributed by atoms with Crippen LogP contribution in [0.3, 0.4) is 0 Å². The zero-order chi connectivity index (χ0) is 34.9. The highest BCUT2D eigenvalue weighted by Crippen LogP contribution is 2.47. The molecule has 0 aliphatic carbocycles. The molecular weight excluding hydrogens is 663 g/mol. The van der Waals surface area contributed by atoms with Crippen LogP contribution in [0.1, 0.15) is 0 Å². The van der Waals surface area contributed by atoms with E-state index >= 15 is 0 Å². The number of hydrogen-bond acceptors (Lipinski definition) is 3. The van der Waals surface area contributed by atoms with Gasteiger partial charge in [-0.2, -0.15) is 0 Å².